The number of nitro groups is 1. The Morgan fingerprint density at radius 1 is 1.38 bits per heavy atom. The zero-order valence-corrected chi connectivity index (χ0v) is 12.5. The van der Waals surface area contributed by atoms with Gasteiger partial charge in [-0.1, -0.05) is 20.8 Å². The van der Waals surface area contributed by atoms with Crippen LogP contribution in [0.15, 0.2) is 23.1 Å². The van der Waals surface area contributed by atoms with Crippen molar-refractivity contribution in [2.24, 2.45) is 5.41 Å². The van der Waals surface area contributed by atoms with Gasteiger partial charge in [0.15, 0.2) is 5.78 Å². The predicted molar refractivity (Wildman–Crippen MR) is 72.7 cm³/mol. The minimum atomic E-state index is -4.35. The normalized spacial score (nSPS) is 12.2. The first-order valence-electron chi connectivity index (χ1n) is 5.92. The molecule has 0 aliphatic heterocycles. The summed E-state index contributed by atoms with van der Waals surface area (Å²) < 4.78 is 39.4. The molecule has 1 N–H and O–H groups in total. The van der Waals surface area contributed by atoms with Crippen LogP contribution in [0.3, 0.4) is 0 Å². The maximum Gasteiger partial charge on any atom is 0.270 e. The zero-order valence-electron chi connectivity index (χ0n) is 11.7. The zero-order chi connectivity index (χ0) is 16.4. The molecule has 0 aromatic heterocycles. The van der Waals surface area contributed by atoms with Crippen LogP contribution in [0, 0.1) is 21.3 Å². The number of halogens is 1. The van der Waals surface area contributed by atoms with Gasteiger partial charge in [0.05, 0.1) is 11.5 Å². The number of benzene rings is 1. The van der Waals surface area contributed by atoms with Crippen LogP contribution in [0.4, 0.5) is 10.1 Å². The summed E-state index contributed by atoms with van der Waals surface area (Å²) >= 11 is 0. The van der Waals surface area contributed by atoms with Gasteiger partial charge in [0.25, 0.3) is 5.69 Å². The number of hydrogen-bond donors (Lipinski definition) is 1. The van der Waals surface area contributed by atoms with Crippen LogP contribution in [-0.4, -0.2) is 25.7 Å². The van der Waals surface area contributed by atoms with Gasteiger partial charge >= 0.3 is 0 Å². The van der Waals surface area contributed by atoms with Crippen molar-refractivity contribution in [3.8, 4) is 0 Å². The van der Waals surface area contributed by atoms with E-state index in [9.17, 15) is 27.7 Å². The Balaban J connectivity index is 3.06. The Morgan fingerprint density at radius 3 is 2.43 bits per heavy atom. The smallest absolute Gasteiger partial charge is 0.270 e. The number of nitrogens with one attached hydrogen (secondary N) is 1. The summed E-state index contributed by atoms with van der Waals surface area (Å²) in [5, 5.41) is 10.6. The van der Waals surface area contributed by atoms with Gasteiger partial charge in [-0.3, -0.25) is 14.9 Å². The highest BCUT2D eigenvalue weighted by atomic mass is 32.2. The van der Waals surface area contributed by atoms with Crippen molar-refractivity contribution in [3.63, 3.8) is 0 Å². The second-order valence-corrected chi connectivity index (χ2v) is 7.10. The molecule has 0 saturated carbocycles. The molecule has 0 unspecified atom stereocenters. The second-order valence-electron chi connectivity index (χ2n) is 5.37. The van der Waals surface area contributed by atoms with Gasteiger partial charge in [0.2, 0.25) is 10.0 Å². The van der Waals surface area contributed by atoms with E-state index < -0.39 is 49.1 Å². The molecule has 9 heteroatoms. The largest absolute Gasteiger partial charge is 0.298 e. The van der Waals surface area contributed by atoms with E-state index in [-0.39, 0.29) is 0 Å². The summed E-state index contributed by atoms with van der Waals surface area (Å²) in [6.45, 7) is 4.31. The minimum Gasteiger partial charge on any atom is -0.298 e. The van der Waals surface area contributed by atoms with Crippen molar-refractivity contribution in [3.05, 3.63) is 34.1 Å². The van der Waals surface area contributed by atoms with Crippen LogP contribution in [0.2, 0.25) is 0 Å². The minimum absolute atomic E-state index is 0.392. The number of Topliss-reactive ketones (excluding diaryl/α,β-unsaturated/α-hetero) is 1. The monoisotopic (exact) mass is 318 g/mol. The molecule has 0 bridgehead atoms. The van der Waals surface area contributed by atoms with Crippen LogP contribution < -0.4 is 4.72 Å². The average molecular weight is 318 g/mol. The number of hydrogen-bond acceptors (Lipinski definition) is 5. The Kier molecular flexibility index (Phi) is 4.79. The van der Waals surface area contributed by atoms with Crippen LogP contribution in [0.25, 0.3) is 0 Å². The predicted octanol–water partition coefficient (Wildman–Crippen LogP) is 1.63. The molecule has 0 saturated heterocycles. The molecule has 1 aromatic rings. The lowest BCUT2D eigenvalue weighted by atomic mass is 9.91. The first-order chi connectivity index (χ1) is 9.45. The molecular weight excluding hydrogens is 303 g/mol. The summed E-state index contributed by atoms with van der Waals surface area (Å²) in [5.41, 5.74) is -1.32. The number of sulfonamides is 1. The summed E-state index contributed by atoms with van der Waals surface area (Å²) in [5.74, 6) is -1.52. The fourth-order valence-electron chi connectivity index (χ4n) is 1.32. The lowest BCUT2D eigenvalue weighted by Gasteiger charge is -2.16. The van der Waals surface area contributed by atoms with Crippen molar-refractivity contribution >= 4 is 21.5 Å². The van der Waals surface area contributed by atoms with E-state index in [1.165, 1.54) is 0 Å². The maximum absolute atomic E-state index is 13.6. The Labute approximate surface area is 121 Å². The van der Waals surface area contributed by atoms with E-state index in [1.807, 2.05) is 4.72 Å². The molecule has 0 spiro atoms. The van der Waals surface area contributed by atoms with Crippen molar-refractivity contribution in [2.75, 3.05) is 6.54 Å². The van der Waals surface area contributed by atoms with Crippen molar-refractivity contribution in [1.29, 1.82) is 0 Å². The molecule has 1 rings (SSSR count). The van der Waals surface area contributed by atoms with Gasteiger partial charge < -0.3 is 0 Å². The fourth-order valence-corrected chi connectivity index (χ4v) is 2.39. The third-order valence-electron chi connectivity index (χ3n) is 2.67. The molecular formula is C12H15FN2O5S. The lowest BCUT2D eigenvalue weighted by molar-refractivity contribution is -0.385. The molecule has 0 atom stereocenters. The van der Waals surface area contributed by atoms with Crippen LogP contribution >= 0.6 is 0 Å². The van der Waals surface area contributed by atoms with Crippen LogP contribution in [-0.2, 0) is 14.8 Å². The van der Waals surface area contributed by atoms with E-state index >= 15 is 0 Å². The number of rotatable bonds is 5. The number of carbonyl (C=O) groups is 1. The summed E-state index contributed by atoms with van der Waals surface area (Å²) in [6, 6.07) is 2.16. The van der Waals surface area contributed by atoms with E-state index in [4.69, 9.17) is 0 Å². The number of nitrogens with zero attached hydrogens (tertiary/aromatic N) is 1. The molecule has 0 heterocycles. The number of carbonyl (C=O) groups excluding carboxylic acids is 1. The van der Waals surface area contributed by atoms with Crippen LogP contribution in [0.5, 0.6) is 0 Å². The SMILES string of the molecule is CC(C)(C)C(=O)CNS(=O)(=O)c1cc([N+](=O)[O-])ccc1F. The second kappa shape index (κ2) is 5.86. The van der Waals surface area contributed by atoms with E-state index in [1.54, 1.807) is 20.8 Å². The molecule has 0 fully saturated rings. The Hall–Kier alpha value is -1.87. The van der Waals surface area contributed by atoms with Gasteiger partial charge in [0, 0.05) is 17.5 Å². The number of nitro benzene ring substituents is 1. The highest BCUT2D eigenvalue weighted by molar-refractivity contribution is 7.89. The van der Waals surface area contributed by atoms with Crippen LogP contribution in [0.1, 0.15) is 20.8 Å². The highest BCUT2D eigenvalue weighted by Crippen LogP contribution is 2.21. The van der Waals surface area contributed by atoms with Crippen molar-refractivity contribution < 1.29 is 22.5 Å². The maximum atomic E-state index is 13.6. The molecule has 0 radical (unpaired) electrons. The van der Waals surface area contributed by atoms with Gasteiger partial charge in [-0.25, -0.2) is 17.5 Å². The quantitative estimate of drug-likeness (QED) is 0.656. The molecule has 116 valence electrons. The number of ketones is 1. The Morgan fingerprint density at radius 2 is 1.95 bits per heavy atom. The Bertz CT molecular complexity index is 679. The standard InChI is InChI=1S/C12H15FN2O5S/c1-12(2,3)11(16)7-14-21(19,20)10-6-8(15(17)18)4-5-9(10)13/h4-6,14H,7H2,1-3H3. The topological polar surface area (TPSA) is 106 Å². The molecule has 1 aromatic carbocycles. The third-order valence-corrected chi connectivity index (χ3v) is 4.09. The average Bonchev–Trinajstić information content (AvgIpc) is 2.34. The first kappa shape index (κ1) is 17.2. The highest BCUT2D eigenvalue weighted by Gasteiger charge is 2.26. The molecule has 0 amide bonds. The van der Waals surface area contributed by atoms with E-state index in [0.29, 0.717) is 12.1 Å². The molecule has 0 aliphatic carbocycles. The van der Waals surface area contributed by atoms with Crippen molar-refractivity contribution in [2.45, 2.75) is 25.7 Å². The molecule has 7 nitrogen and oxygen atoms in total. The molecule has 0 aliphatic rings. The van der Waals surface area contributed by atoms with E-state index in [2.05, 4.69) is 0 Å². The van der Waals surface area contributed by atoms with Gasteiger partial charge in [-0.15, -0.1) is 0 Å². The van der Waals surface area contributed by atoms with Crippen molar-refractivity contribution in [1.82, 2.24) is 4.72 Å². The van der Waals surface area contributed by atoms with Gasteiger partial charge in [-0.05, 0) is 6.07 Å². The summed E-state index contributed by atoms with van der Waals surface area (Å²) in [6.07, 6.45) is 0. The fraction of sp³-hybridized carbons (Fsp3) is 0.417. The number of non-ortho nitro benzene ring substituents is 1. The van der Waals surface area contributed by atoms with Gasteiger partial charge in [-0.2, -0.15) is 0 Å². The van der Waals surface area contributed by atoms with Gasteiger partial charge in [0.1, 0.15) is 10.7 Å². The third kappa shape index (κ3) is 4.30. The summed E-state index contributed by atoms with van der Waals surface area (Å²) in [7, 11) is -4.35. The molecule has 21 heavy (non-hydrogen) atoms. The summed E-state index contributed by atoms with van der Waals surface area (Å²) in [4.78, 5) is 20.6. The lowest BCUT2D eigenvalue weighted by Crippen LogP contribution is -2.35. The first-order valence-corrected chi connectivity index (χ1v) is 7.40. The van der Waals surface area contributed by atoms with E-state index in [0.717, 1.165) is 6.07 Å².